The van der Waals surface area contributed by atoms with E-state index in [1.807, 2.05) is 24.3 Å². The maximum Gasteiger partial charge on any atom is 0.270 e. The lowest BCUT2D eigenvalue weighted by Gasteiger charge is -2.11. The second-order valence-corrected chi connectivity index (χ2v) is 6.81. The van der Waals surface area contributed by atoms with Gasteiger partial charge in [-0.2, -0.15) is 0 Å². The van der Waals surface area contributed by atoms with Crippen molar-refractivity contribution in [3.8, 4) is 11.5 Å². The number of aryl methyl sites for hydroxylation is 2. The summed E-state index contributed by atoms with van der Waals surface area (Å²) in [6.45, 7) is 4.48. The lowest BCUT2D eigenvalue weighted by atomic mass is 10.1. The maximum absolute atomic E-state index is 12.4. The highest BCUT2D eigenvalue weighted by molar-refractivity contribution is 5.92. The number of amides is 1. The fraction of sp³-hybridized carbons (Fsp3) is 0.217. The number of carbonyl (C=O) groups is 1. The van der Waals surface area contributed by atoms with Gasteiger partial charge in [-0.25, -0.2) is 4.98 Å². The van der Waals surface area contributed by atoms with Gasteiger partial charge < -0.3 is 20.1 Å². The number of carbonyl (C=O) groups excluding carboxylic acids is 1. The van der Waals surface area contributed by atoms with Gasteiger partial charge in [0.15, 0.2) is 11.5 Å². The van der Waals surface area contributed by atoms with E-state index in [4.69, 9.17) is 9.47 Å². The minimum absolute atomic E-state index is 0.238. The van der Waals surface area contributed by atoms with Crippen molar-refractivity contribution in [3.05, 3.63) is 77.1 Å². The first-order valence-corrected chi connectivity index (χ1v) is 9.29. The molecule has 0 aliphatic rings. The van der Waals surface area contributed by atoms with Crippen LogP contribution in [0.15, 0.2) is 54.7 Å². The van der Waals surface area contributed by atoms with E-state index < -0.39 is 0 Å². The highest BCUT2D eigenvalue weighted by atomic mass is 16.5. The Balaban J connectivity index is 1.61. The first-order chi connectivity index (χ1) is 14.0. The van der Waals surface area contributed by atoms with Gasteiger partial charge in [-0.1, -0.05) is 12.1 Å². The van der Waals surface area contributed by atoms with Crippen LogP contribution in [0, 0.1) is 13.8 Å². The molecule has 2 aromatic carbocycles. The molecule has 0 aliphatic carbocycles. The van der Waals surface area contributed by atoms with Gasteiger partial charge in [0.05, 0.1) is 26.1 Å². The summed E-state index contributed by atoms with van der Waals surface area (Å²) in [5, 5.41) is 6.18. The molecule has 0 radical (unpaired) electrons. The number of nitrogens with one attached hydrogen (secondary N) is 2. The predicted octanol–water partition coefficient (Wildman–Crippen LogP) is 4.39. The van der Waals surface area contributed by atoms with Gasteiger partial charge in [0.1, 0.15) is 5.69 Å². The Morgan fingerprint density at radius 1 is 0.897 bits per heavy atom. The smallest absolute Gasteiger partial charge is 0.270 e. The van der Waals surface area contributed by atoms with Crippen molar-refractivity contribution in [1.29, 1.82) is 0 Å². The van der Waals surface area contributed by atoms with E-state index in [0.717, 1.165) is 16.9 Å². The molecule has 0 saturated heterocycles. The minimum Gasteiger partial charge on any atom is -0.493 e. The van der Waals surface area contributed by atoms with Crippen LogP contribution < -0.4 is 20.1 Å². The summed E-state index contributed by atoms with van der Waals surface area (Å²) < 4.78 is 10.5. The van der Waals surface area contributed by atoms with Crippen molar-refractivity contribution in [2.45, 2.75) is 20.4 Å². The number of aromatic nitrogens is 1. The Kier molecular flexibility index (Phi) is 6.34. The van der Waals surface area contributed by atoms with Crippen LogP contribution in [0.4, 0.5) is 11.4 Å². The third kappa shape index (κ3) is 5.25. The normalized spacial score (nSPS) is 10.3. The zero-order chi connectivity index (χ0) is 20.8. The van der Waals surface area contributed by atoms with E-state index in [1.54, 1.807) is 26.5 Å². The number of rotatable bonds is 7. The Labute approximate surface area is 170 Å². The van der Waals surface area contributed by atoms with E-state index >= 15 is 0 Å². The Morgan fingerprint density at radius 3 is 2.24 bits per heavy atom. The lowest BCUT2D eigenvalue weighted by molar-refractivity contribution is 0.0946. The van der Waals surface area contributed by atoms with E-state index in [2.05, 4.69) is 47.7 Å². The molecule has 0 atom stereocenters. The van der Waals surface area contributed by atoms with Crippen molar-refractivity contribution in [2.75, 3.05) is 19.5 Å². The molecule has 29 heavy (non-hydrogen) atoms. The van der Waals surface area contributed by atoms with Crippen molar-refractivity contribution in [3.63, 3.8) is 0 Å². The molecule has 150 valence electrons. The van der Waals surface area contributed by atoms with Gasteiger partial charge in [-0.3, -0.25) is 4.79 Å². The summed E-state index contributed by atoms with van der Waals surface area (Å²) in [5.74, 6) is 1.04. The predicted molar refractivity (Wildman–Crippen MR) is 114 cm³/mol. The van der Waals surface area contributed by atoms with Crippen LogP contribution in [0.25, 0.3) is 0 Å². The van der Waals surface area contributed by atoms with Crippen LogP contribution in [0.5, 0.6) is 11.5 Å². The monoisotopic (exact) mass is 391 g/mol. The molecule has 3 aromatic rings. The number of hydrogen-bond acceptors (Lipinski definition) is 5. The summed E-state index contributed by atoms with van der Waals surface area (Å²) in [4.78, 5) is 16.7. The first-order valence-electron chi connectivity index (χ1n) is 9.29. The summed E-state index contributed by atoms with van der Waals surface area (Å²) in [6.07, 6.45) is 1.66. The van der Waals surface area contributed by atoms with E-state index in [-0.39, 0.29) is 5.91 Å². The number of ether oxygens (including phenoxy) is 2. The summed E-state index contributed by atoms with van der Waals surface area (Å²) in [7, 11) is 3.17. The average molecular weight is 391 g/mol. The number of hydrogen-bond donors (Lipinski definition) is 2. The molecule has 1 heterocycles. The number of pyridine rings is 1. The van der Waals surface area contributed by atoms with Crippen LogP contribution in [-0.2, 0) is 6.54 Å². The molecule has 1 amide bonds. The Morgan fingerprint density at radius 2 is 1.62 bits per heavy atom. The number of benzene rings is 2. The zero-order valence-corrected chi connectivity index (χ0v) is 17.1. The molecule has 6 heteroatoms. The summed E-state index contributed by atoms with van der Waals surface area (Å²) in [5.41, 5.74) is 5.46. The topological polar surface area (TPSA) is 72.5 Å². The fourth-order valence-electron chi connectivity index (χ4n) is 3.08. The number of methoxy groups -OCH3 is 2. The van der Waals surface area contributed by atoms with Crippen LogP contribution in [0.2, 0.25) is 0 Å². The Hall–Kier alpha value is -3.54. The molecule has 1 aromatic heterocycles. The highest BCUT2D eigenvalue weighted by Gasteiger charge is 2.09. The zero-order valence-electron chi connectivity index (χ0n) is 17.1. The molecule has 0 saturated carbocycles. The highest BCUT2D eigenvalue weighted by Crippen LogP contribution is 2.27. The molecular formula is C23H25N3O3. The van der Waals surface area contributed by atoms with Gasteiger partial charge in [0.2, 0.25) is 0 Å². The molecular weight excluding hydrogens is 366 g/mol. The second kappa shape index (κ2) is 9.10. The largest absolute Gasteiger partial charge is 0.493 e. The molecule has 0 bridgehead atoms. The fourth-order valence-corrected chi connectivity index (χ4v) is 3.08. The Bertz CT molecular complexity index is 980. The van der Waals surface area contributed by atoms with Gasteiger partial charge in [-0.05, 0) is 66.9 Å². The van der Waals surface area contributed by atoms with E-state index in [0.29, 0.717) is 23.7 Å². The SMILES string of the molecule is COc1ccc(CNC(=O)c2ccc(Nc3cc(C)cc(C)c3)cn2)cc1OC. The van der Waals surface area contributed by atoms with E-state index in [1.165, 1.54) is 11.1 Å². The van der Waals surface area contributed by atoms with Gasteiger partial charge >= 0.3 is 0 Å². The van der Waals surface area contributed by atoms with Crippen LogP contribution in [0.1, 0.15) is 27.2 Å². The third-order valence-electron chi connectivity index (χ3n) is 4.41. The van der Waals surface area contributed by atoms with Crippen LogP contribution in [-0.4, -0.2) is 25.1 Å². The first kappa shape index (κ1) is 20.2. The standard InChI is InChI=1S/C23H25N3O3/c1-15-9-16(2)11-19(10-15)26-18-6-7-20(24-14-18)23(27)25-13-17-5-8-21(28-3)22(12-17)29-4/h5-12,14,26H,13H2,1-4H3,(H,25,27). The van der Waals surface area contributed by atoms with Gasteiger partial charge in [0, 0.05) is 12.2 Å². The van der Waals surface area contributed by atoms with Crippen LogP contribution in [0.3, 0.4) is 0 Å². The van der Waals surface area contributed by atoms with Crippen molar-refractivity contribution >= 4 is 17.3 Å². The summed E-state index contributed by atoms with van der Waals surface area (Å²) >= 11 is 0. The van der Waals surface area contributed by atoms with Crippen molar-refractivity contribution in [1.82, 2.24) is 10.3 Å². The molecule has 0 spiro atoms. The minimum atomic E-state index is -0.238. The van der Waals surface area contributed by atoms with Gasteiger partial charge in [0.25, 0.3) is 5.91 Å². The lowest BCUT2D eigenvalue weighted by Crippen LogP contribution is -2.23. The molecule has 0 fully saturated rings. The molecule has 2 N–H and O–H groups in total. The number of anilines is 2. The van der Waals surface area contributed by atoms with Crippen molar-refractivity contribution in [2.24, 2.45) is 0 Å². The molecule has 3 rings (SSSR count). The number of nitrogens with zero attached hydrogens (tertiary/aromatic N) is 1. The van der Waals surface area contributed by atoms with E-state index in [9.17, 15) is 4.79 Å². The summed E-state index contributed by atoms with van der Waals surface area (Å²) in [6, 6.07) is 15.3. The van der Waals surface area contributed by atoms with Crippen molar-refractivity contribution < 1.29 is 14.3 Å². The maximum atomic E-state index is 12.4. The third-order valence-corrected chi connectivity index (χ3v) is 4.41. The quantitative estimate of drug-likeness (QED) is 0.625. The molecule has 6 nitrogen and oxygen atoms in total. The average Bonchev–Trinajstić information content (AvgIpc) is 2.71. The molecule has 0 unspecified atom stereocenters. The van der Waals surface area contributed by atoms with Gasteiger partial charge in [-0.15, -0.1) is 0 Å². The van der Waals surface area contributed by atoms with Crippen LogP contribution >= 0.6 is 0 Å². The molecule has 0 aliphatic heterocycles. The second-order valence-electron chi connectivity index (χ2n) is 6.81.